The summed E-state index contributed by atoms with van der Waals surface area (Å²) in [6.45, 7) is 2.11. The van der Waals surface area contributed by atoms with Crippen LogP contribution in [0, 0.1) is 6.92 Å². The van der Waals surface area contributed by atoms with Gasteiger partial charge in [-0.15, -0.1) is 0 Å². The van der Waals surface area contributed by atoms with Crippen LogP contribution in [-0.2, 0) is 0 Å². The molecule has 0 bridgehead atoms. The smallest absolute Gasteiger partial charge is 0.131 e. The van der Waals surface area contributed by atoms with Crippen molar-refractivity contribution in [2.45, 2.75) is 6.92 Å². The minimum atomic E-state index is 0.874. The molecule has 3 rings (SSSR count). The molecule has 0 aliphatic heterocycles. The van der Waals surface area contributed by atoms with Crippen LogP contribution in [0.2, 0.25) is 0 Å². The number of para-hydroxylation sites is 1. The molecule has 1 heterocycles. The second-order valence-electron chi connectivity index (χ2n) is 4.33. The fourth-order valence-electron chi connectivity index (χ4n) is 2.05. The molecular weight excluding hydrogens is 220 g/mol. The molecule has 88 valence electrons. The summed E-state index contributed by atoms with van der Waals surface area (Å²) in [7, 11) is 0. The van der Waals surface area contributed by atoms with E-state index in [9.17, 15) is 0 Å². The third-order valence-corrected chi connectivity index (χ3v) is 3.00. The van der Waals surface area contributed by atoms with Gasteiger partial charge in [-0.25, -0.2) is 4.98 Å². The van der Waals surface area contributed by atoms with Crippen molar-refractivity contribution in [3.8, 4) is 0 Å². The Balaban J connectivity index is 1.99. The van der Waals surface area contributed by atoms with Crippen LogP contribution in [-0.4, -0.2) is 4.98 Å². The Kier molecular flexibility index (Phi) is 2.69. The van der Waals surface area contributed by atoms with E-state index in [-0.39, 0.29) is 0 Å². The second kappa shape index (κ2) is 4.49. The molecule has 0 saturated carbocycles. The maximum absolute atomic E-state index is 4.62. The Morgan fingerprint density at radius 2 is 1.67 bits per heavy atom. The predicted octanol–water partition coefficient (Wildman–Crippen LogP) is 4.29. The minimum Gasteiger partial charge on any atom is -0.340 e. The summed E-state index contributed by atoms with van der Waals surface area (Å²) in [5, 5.41) is 4.51. The Morgan fingerprint density at radius 1 is 0.833 bits per heavy atom. The first kappa shape index (κ1) is 10.8. The number of nitrogens with one attached hydrogen (secondary N) is 1. The van der Waals surface area contributed by atoms with Crippen molar-refractivity contribution in [3.05, 3.63) is 66.2 Å². The van der Waals surface area contributed by atoms with Crippen molar-refractivity contribution >= 4 is 22.4 Å². The molecule has 0 spiro atoms. The number of rotatable bonds is 2. The van der Waals surface area contributed by atoms with E-state index in [0.29, 0.717) is 0 Å². The highest BCUT2D eigenvalue weighted by atomic mass is 15.0. The van der Waals surface area contributed by atoms with Crippen LogP contribution >= 0.6 is 0 Å². The first-order valence-corrected chi connectivity index (χ1v) is 6.01. The highest BCUT2D eigenvalue weighted by molar-refractivity contribution is 5.83. The van der Waals surface area contributed by atoms with Gasteiger partial charge in [0.15, 0.2) is 0 Å². The van der Waals surface area contributed by atoms with E-state index in [2.05, 4.69) is 29.4 Å². The number of hydrogen-bond acceptors (Lipinski definition) is 2. The maximum atomic E-state index is 4.62. The monoisotopic (exact) mass is 234 g/mol. The van der Waals surface area contributed by atoms with Crippen LogP contribution < -0.4 is 5.32 Å². The van der Waals surface area contributed by atoms with Crippen molar-refractivity contribution in [3.63, 3.8) is 0 Å². The SMILES string of the molecule is Cc1cccc2nc(Nc3ccccc3)ccc12. The lowest BCUT2D eigenvalue weighted by atomic mass is 10.1. The summed E-state index contributed by atoms with van der Waals surface area (Å²) in [5.41, 5.74) is 3.33. The van der Waals surface area contributed by atoms with Gasteiger partial charge in [0.05, 0.1) is 5.52 Å². The Hall–Kier alpha value is -2.35. The van der Waals surface area contributed by atoms with Crippen LogP contribution in [0.1, 0.15) is 5.56 Å². The van der Waals surface area contributed by atoms with Gasteiger partial charge in [0, 0.05) is 11.1 Å². The predicted molar refractivity (Wildman–Crippen MR) is 76.2 cm³/mol. The number of anilines is 2. The molecule has 0 radical (unpaired) electrons. The largest absolute Gasteiger partial charge is 0.340 e. The van der Waals surface area contributed by atoms with E-state index in [0.717, 1.165) is 17.0 Å². The lowest BCUT2D eigenvalue weighted by Crippen LogP contribution is -1.93. The number of nitrogens with zero attached hydrogens (tertiary/aromatic N) is 1. The third-order valence-electron chi connectivity index (χ3n) is 3.00. The van der Waals surface area contributed by atoms with E-state index < -0.39 is 0 Å². The molecule has 0 atom stereocenters. The zero-order valence-corrected chi connectivity index (χ0v) is 10.2. The first-order valence-electron chi connectivity index (χ1n) is 6.01. The summed E-state index contributed by atoms with van der Waals surface area (Å²) >= 11 is 0. The molecule has 0 aliphatic carbocycles. The molecule has 0 amide bonds. The Morgan fingerprint density at radius 3 is 2.50 bits per heavy atom. The first-order chi connectivity index (χ1) is 8.83. The van der Waals surface area contributed by atoms with Crippen LogP contribution in [0.25, 0.3) is 10.9 Å². The van der Waals surface area contributed by atoms with Gasteiger partial charge in [-0.1, -0.05) is 30.3 Å². The summed E-state index contributed by atoms with van der Waals surface area (Å²) in [6.07, 6.45) is 0. The topological polar surface area (TPSA) is 24.9 Å². The number of aryl methyl sites for hydroxylation is 1. The van der Waals surface area contributed by atoms with Crippen LogP contribution in [0.5, 0.6) is 0 Å². The van der Waals surface area contributed by atoms with Crippen molar-refractivity contribution < 1.29 is 0 Å². The normalized spacial score (nSPS) is 10.5. The second-order valence-corrected chi connectivity index (χ2v) is 4.33. The van der Waals surface area contributed by atoms with Crippen LogP contribution in [0.4, 0.5) is 11.5 Å². The zero-order valence-electron chi connectivity index (χ0n) is 10.2. The van der Waals surface area contributed by atoms with Gasteiger partial charge in [-0.3, -0.25) is 0 Å². The summed E-state index contributed by atoms with van der Waals surface area (Å²) < 4.78 is 0. The van der Waals surface area contributed by atoms with Gasteiger partial charge in [0.2, 0.25) is 0 Å². The summed E-state index contributed by atoms with van der Waals surface area (Å²) in [4.78, 5) is 4.62. The molecular formula is C16H14N2. The number of benzene rings is 2. The van der Waals surface area contributed by atoms with E-state index in [1.165, 1.54) is 10.9 Å². The standard InChI is InChI=1S/C16H14N2/c1-12-6-5-9-15-14(12)10-11-16(18-15)17-13-7-3-2-4-8-13/h2-11H,1H3,(H,17,18). The molecule has 1 aromatic heterocycles. The molecule has 2 aromatic carbocycles. The number of fused-ring (bicyclic) bond motifs is 1. The molecule has 0 aliphatic rings. The van der Waals surface area contributed by atoms with Crippen molar-refractivity contribution in [2.75, 3.05) is 5.32 Å². The highest BCUT2D eigenvalue weighted by Gasteiger charge is 2.00. The lowest BCUT2D eigenvalue weighted by Gasteiger charge is -2.07. The molecule has 0 unspecified atom stereocenters. The van der Waals surface area contributed by atoms with E-state index in [1.807, 2.05) is 48.5 Å². The number of hydrogen-bond donors (Lipinski definition) is 1. The Bertz CT molecular complexity index is 675. The summed E-state index contributed by atoms with van der Waals surface area (Å²) in [6, 6.07) is 20.4. The minimum absolute atomic E-state index is 0.874. The number of aromatic nitrogens is 1. The lowest BCUT2D eigenvalue weighted by molar-refractivity contribution is 1.36. The molecule has 3 aromatic rings. The van der Waals surface area contributed by atoms with Crippen molar-refractivity contribution in [2.24, 2.45) is 0 Å². The van der Waals surface area contributed by atoms with Gasteiger partial charge < -0.3 is 5.32 Å². The average molecular weight is 234 g/mol. The van der Waals surface area contributed by atoms with Gasteiger partial charge in [-0.05, 0) is 42.8 Å². The van der Waals surface area contributed by atoms with E-state index in [4.69, 9.17) is 0 Å². The van der Waals surface area contributed by atoms with Gasteiger partial charge in [0.1, 0.15) is 5.82 Å². The van der Waals surface area contributed by atoms with Gasteiger partial charge >= 0.3 is 0 Å². The van der Waals surface area contributed by atoms with Crippen LogP contribution in [0.15, 0.2) is 60.7 Å². The highest BCUT2D eigenvalue weighted by Crippen LogP contribution is 2.20. The Labute approximate surface area is 106 Å². The molecule has 2 nitrogen and oxygen atoms in total. The number of pyridine rings is 1. The maximum Gasteiger partial charge on any atom is 0.131 e. The third kappa shape index (κ3) is 2.05. The van der Waals surface area contributed by atoms with Crippen LogP contribution in [0.3, 0.4) is 0 Å². The van der Waals surface area contributed by atoms with Crippen molar-refractivity contribution in [1.29, 1.82) is 0 Å². The molecule has 0 fully saturated rings. The van der Waals surface area contributed by atoms with E-state index >= 15 is 0 Å². The van der Waals surface area contributed by atoms with Crippen molar-refractivity contribution in [1.82, 2.24) is 4.98 Å². The molecule has 1 N–H and O–H groups in total. The average Bonchev–Trinajstić information content (AvgIpc) is 2.40. The molecule has 0 saturated heterocycles. The molecule has 18 heavy (non-hydrogen) atoms. The summed E-state index contributed by atoms with van der Waals surface area (Å²) in [5.74, 6) is 0.874. The fraction of sp³-hybridized carbons (Fsp3) is 0.0625. The fourth-order valence-corrected chi connectivity index (χ4v) is 2.05. The zero-order chi connectivity index (χ0) is 12.4. The molecule has 2 heteroatoms. The van der Waals surface area contributed by atoms with Gasteiger partial charge in [0.25, 0.3) is 0 Å². The van der Waals surface area contributed by atoms with E-state index in [1.54, 1.807) is 0 Å². The van der Waals surface area contributed by atoms with Gasteiger partial charge in [-0.2, -0.15) is 0 Å². The quantitative estimate of drug-likeness (QED) is 0.715.